The second-order valence-corrected chi connectivity index (χ2v) is 7.06. The number of sulfonamides is 1. The van der Waals surface area contributed by atoms with Crippen LogP contribution in [-0.2, 0) is 16.6 Å². The summed E-state index contributed by atoms with van der Waals surface area (Å²) < 4.78 is 26.7. The second kappa shape index (κ2) is 5.83. The zero-order valence-corrected chi connectivity index (χ0v) is 13.2. The SMILES string of the molecule is Cc1cc(N)cc(S(=O)(=O)N(C)Cc2ccccn2)c1C. The first-order valence-corrected chi connectivity index (χ1v) is 7.99. The molecule has 0 saturated carbocycles. The van der Waals surface area contributed by atoms with Gasteiger partial charge in [0, 0.05) is 18.9 Å². The number of hydrogen-bond acceptors (Lipinski definition) is 4. The van der Waals surface area contributed by atoms with Crippen LogP contribution in [0.25, 0.3) is 0 Å². The molecule has 2 aromatic rings. The first-order chi connectivity index (χ1) is 9.82. The Labute approximate surface area is 125 Å². The van der Waals surface area contributed by atoms with Gasteiger partial charge in [-0.2, -0.15) is 4.31 Å². The molecule has 0 saturated heterocycles. The van der Waals surface area contributed by atoms with E-state index < -0.39 is 10.0 Å². The molecule has 1 aromatic heterocycles. The average molecular weight is 305 g/mol. The number of nitrogen functional groups attached to an aromatic ring is 1. The average Bonchev–Trinajstić information content (AvgIpc) is 2.43. The molecule has 112 valence electrons. The highest BCUT2D eigenvalue weighted by molar-refractivity contribution is 7.89. The monoisotopic (exact) mass is 305 g/mol. The molecule has 1 heterocycles. The fraction of sp³-hybridized carbons (Fsp3) is 0.267. The van der Waals surface area contributed by atoms with E-state index in [4.69, 9.17) is 5.73 Å². The molecule has 1 aromatic carbocycles. The van der Waals surface area contributed by atoms with Crippen LogP contribution in [-0.4, -0.2) is 24.8 Å². The predicted octanol–water partition coefficient (Wildman–Crippen LogP) is 2.10. The normalized spacial score (nSPS) is 11.8. The molecule has 0 radical (unpaired) electrons. The molecular formula is C15H19N3O2S. The van der Waals surface area contributed by atoms with Gasteiger partial charge in [0.25, 0.3) is 0 Å². The number of aryl methyl sites for hydroxylation is 1. The maximum atomic E-state index is 12.7. The van der Waals surface area contributed by atoms with Crippen molar-refractivity contribution in [1.82, 2.24) is 9.29 Å². The van der Waals surface area contributed by atoms with Crippen molar-refractivity contribution in [2.45, 2.75) is 25.3 Å². The van der Waals surface area contributed by atoms with Gasteiger partial charge < -0.3 is 5.73 Å². The van der Waals surface area contributed by atoms with Crippen molar-refractivity contribution < 1.29 is 8.42 Å². The molecule has 0 unspecified atom stereocenters. The van der Waals surface area contributed by atoms with Crippen LogP contribution in [0.4, 0.5) is 5.69 Å². The second-order valence-electron chi connectivity index (χ2n) is 5.04. The number of aromatic nitrogens is 1. The Morgan fingerprint density at radius 3 is 2.57 bits per heavy atom. The third-order valence-corrected chi connectivity index (χ3v) is 5.37. The first-order valence-electron chi connectivity index (χ1n) is 6.55. The summed E-state index contributed by atoms with van der Waals surface area (Å²) in [6.45, 7) is 3.86. The zero-order valence-electron chi connectivity index (χ0n) is 12.4. The minimum Gasteiger partial charge on any atom is -0.399 e. The molecule has 21 heavy (non-hydrogen) atoms. The third kappa shape index (κ3) is 3.22. The summed E-state index contributed by atoms with van der Waals surface area (Å²) in [6.07, 6.45) is 1.64. The molecule has 2 rings (SSSR count). The van der Waals surface area contributed by atoms with E-state index in [1.54, 1.807) is 38.4 Å². The van der Waals surface area contributed by atoms with Crippen molar-refractivity contribution in [3.8, 4) is 0 Å². The first kappa shape index (κ1) is 15.5. The molecule has 0 aliphatic heterocycles. The maximum Gasteiger partial charge on any atom is 0.243 e. The quantitative estimate of drug-likeness (QED) is 0.878. The molecule has 0 aliphatic rings. The third-order valence-electron chi connectivity index (χ3n) is 3.44. The van der Waals surface area contributed by atoms with Gasteiger partial charge >= 0.3 is 0 Å². The molecule has 0 fully saturated rings. The van der Waals surface area contributed by atoms with Crippen molar-refractivity contribution in [1.29, 1.82) is 0 Å². The number of nitrogens with zero attached hydrogens (tertiary/aromatic N) is 2. The topological polar surface area (TPSA) is 76.3 Å². The molecule has 0 atom stereocenters. The van der Waals surface area contributed by atoms with Crippen molar-refractivity contribution >= 4 is 15.7 Å². The molecule has 0 spiro atoms. The Hall–Kier alpha value is -1.92. The van der Waals surface area contributed by atoms with Crippen molar-refractivity contribution in [3.05, 3.63) is 53.3 Å². The summed E-state index contributed by atoms with van der Waals surface area (Å²) in [5.41, 5.74) is 8.51. The fourth-order valence-electron chi connectivity index (χ4n) is 2.09. The summed E-state index contributed by atoms with van der Waals surface area (Å²) in [5.74, 6) is 0. The number of anilines is 1. The van der Waals surface area contributed by atoms with E-state index in [9.17, 15) is 8.42 Å². The van der Waals surface area contributed by atoms with E-state index in [0.29, 0.717) is 11.4 Å². The Morgan fingerprint density at radius 2 is 1.95 bits per heavy atom. The summed E-state index contributed by atoms with van der Waals surface area (Å²) >= 11 is 0. The van der Waals surface area contributed by atoms with Gasteiger partial charge in [-0.05, 0) is 49.2 Å². The van der Waals surface area contributed by atoms with Crippen LogP contribution in [0.3, 0.4) is 0 Å². The van der Waals surface area contributed by atoms with E-state index >= 15 is 0 Å². The van der Waals surface area contributed by atoms with E-state index in [1.807, 2.05) is 13.0 Å². The van der Waals surface area contributed by atoms with Crippen LogP contribution >= 0.6 is 0 Å². The lowest BCUT2D eigenvalue weighted by Gasteiger charge is -2.19. The Balaban J connectivity index is 2.38. The predicted molar refractivity (Wildman–Crippen MR) is 83.2 cm³/mol. The lowest BCUT2D eigenvalue weighted by atomic mass is 10.1. The van der Waals surface area contributed by atoms with Gasteiger partial charge in [-0.15, -0.1) is 0 Å². The van der Waals surface area contributed by atoms with Gasteiger partial charge in [-0.3, -0.25) is 4.98 Å². The van der Waals surface area contributed by atoms with Gasteiger partial charge in [-0.25, -0.2) is 8.42 Å². The minimum absolute atomic E-state index is 0.219. The van der Waals surface area contributed by atoms with Crippen LogP contribution in [0, 0.1) is 13.8 Å². The minimum atomic E-state index is -3.60. The number of hydrogen-bond donors (Lipinski definition) is 1. The van der Waals surface area contributed by atoms with E-state index in [1.165, 1.54) is 10.4 Å². The summed E-state index contributed by atoms with van der Waals surface area (Å²) in [4.78, 5) is 4.40. The van der Waals surface area contributed by atoms with E-state index in [2.05, 4.69) is 4.98 Å². The molecule has 0 bridgehead atoms. The van der Waals surface area contributed by atoms with Gasteiger partial charge in [0.2, 0.25) is 10.0 Å². The molecule has 6 heteroatoms. The molecule has 5 nitrogen and oxygen atoms in total. The number of benzene rings is 1. The Bertz CT molecular complexity index is 743. The van der Waals surface area contributed by atoms with Crippen molar-refractivity contribution in [2.24, 2.45) is 0 Å². The number of nitrogens with two attached hydrogens (primary N) is 1. The van der Waals surface area contributed by atoms with Crippen molar-refractivity contribution in [3.63, 3.8) is 0 Å². The van der Waals surface area contributed by atoms with Crippen LogP contribution in [0.15, 0.2) is 41.4 Å². The lowest BCUT2D eigenvalue weighted by Crippen LogP contribution is -2.27. The smallest absolute Gasteiger partial charge is 0.243 e. The van der Waals surface area contributed by atoms with Crippen LogP contribution < -0.4 is 5.73 Å². The highest BCUT2D eigenvalue weighted by atomic mass is 32.2. The van der Waals surface area contributed by atoms with Gasteiger partial charge in [0.15, 0.2) is 0 Å². The van der Waals surface area contributed by atoms with Gasteiger partial charge in [0.1, 0.15) is 0 Å². The molecular weight excluding hydrogens is 286 g/mol. The largest absolute Gasteiger partial charge is 0.399 e. The lowest BCUT2D eigenvalue weighted by molar-refractivity contribution is 0.461. The Kier molecular flexibility index (Phi) is 4.29. The summed E-state index contributed by atoms with van der Waals surface area (Å²) in [6, 6.07) is 8.70. The molecule has 0 amide bonds. The van der Waals surface area contributed by atoms with Gasteiger partial charge in [-0.1, -0.05) is 6.07 Å². The number of pyridine rings is 1. The highest BCUT2D eigenvalue weighted by Crippen LogP contribution is 2.25. The van der Waals surface area contributed by atoms with Crippen molar-refractivity contribution in [2.75, 3.05) is 12.8 Å². The fourth-order valence-corrected chi connectivity index (χ4v) is 3.57. The number of rotatable bonds is 4. The summed E-state index contributed by atoms with van der Waals surface area (Å²) in [5, 5.41) is 0. The zero-order chi connectivity index (χ0) is 15.6. The summed E-state index contributed by atoms with van der Waals surface area (Å²) in [7, 11) is -2.06. The Morgan fingerprint density at radius 1 is 1.24 bits per heavy atom. The van der Waals surface area contributed by atoms with E-state index in [-0.39, 0.29) is 11.4 Å². The maximum absolute atomic E-state index is 12.7. The van der Waals surface area contributed by atoms with E-state index in [0.717, 1.165) is 11.1 Å². The van der Waals surface area contributed by atoms with Crippen LogP contribution in [0.1, 0.15) is 16.8 Å². The molecule has 2 N–H and O–H groups in total. The van der Waals surface area contributed by atoms with Crippen LogP contribution in [0.5, 0.6) is 0 Å². The standard InChI is InChI=1S/C15H19N3O2S/c1-11-8-13(16)9-15(12(11)2)21(19,20)18(3)10-14-6-4-5-7-17-14/h4-9H,10,16H2,1-3H3. The van der Waals surface area contributed by atoms with Gasteiger partial charge in [0.05, 0.1) is 17.1 Å². The molecule has 0 aliphatic carbocycles. The van der Waals surface area contributed by atoms with Crippen LogP contribution in [0.2, 0.25) is 0 Å². The highest BCUT2D eigenvalue weighted by Gasteiger charge is 2.24.